The number of piperidine rings is 1. The highest BCUT2D eigenvalue weighted by Gasteiger charge is 2.23. The van der Waals surface area contributed by atoms with Crippen LogP contribution < -0.4 is 10.6 Å². The Hall–Kier alpha value is -1.44. The predicted molar refractivity (Wildman–Crippen MR) is 84.8 cm³/mol. The lowest BCUT2D eigenvalue weighted by molar-refractivity contribution is -0.123. The van der Waals surface area contributed by atoms with E-state index in [0.717, 1.165) is 25.8 Å². The third-order valence-corrected chi connectivity index (χ3v) is 5.73. The van der Waals surface area contributed by atoms with Gasteiger partial charge in [-0.05, 0) is 31.0 Å². The van der Waals surface area contributed by atoms with Gasteiger partial charge < -0.3 is 10.6 Å². The van der Waals surface area contributed by atoms with Crippen LogP contribution in [-0.4, -0.2) is 45.3 Å². The van der Waals surface area contributed by atoms with Gasteiger partial charge >= 0.3 is 0 Å². The van der Waals surface area contributed by atoms with Gasteiger partial charge in [0, 0.05) is 20.6 Å². The van der Waals surface area contributed by atoms with Gasteiger partial charge in [-0.3, -0.25) is 4.79 Å². The van der Waals surface area contributed by atoms with Crippen molar-refractivity contribution >= 4 is 15.9 Å². The van der Waals surface area contributed by atoms with Crippen LogP contribution >= 0.6 is 0 Å². The van der Waals surface area contributed by atoms with Crippen molar-refractivity contribution in [3.05, 3.63) is 29.8 Å². The second-order valence-electron chi connectivity index (χ2n) is 5.62. The molecule has 1 amide bonds. The van der Waals surface area contributed by atoms with Crippen LogP contribution in [0.3, 0.4) is 0 Å². The molecular formula is C15H23N3O3S. The van der Waals surface area contributed by atoms with Crippen LogP contribution in [0, 0.1) is 0 Å². The quantitative estimate of drug-likeness (QED) is 0.835. The first-order chi connectivity index (χ1) is 10.4. The summed E-state index contributed by atoms with van der Waals surface area (Å²) in [6.07, 6.45) is 2.95. The highest BCUT2D eigenvalue weighted by molar-refractivity contribution is 7.89. The summed E-state index contributed by atoms with van der Waals surface area (Å²) in [5.74, 6) is -0.0724. The van der Waals surface area contributed by atoms with Crippen molar-refractivity contribution in [3.8, 4) is 0 Å². The van der Waals surface area contributed by atoms with Crippen molar-refractivity contribution in [2.75, 3.05) is 20.6 Å². The molecule has 1 aromatic carbocycles. The Labute approximate surface area is 131 Å². The lowest BCUT2D eigenvalue weighted by Gasteiger charge is -2.23. The maximum Gasteiger partial charge on any atom is 0.242 e. The van der Waals surface area contributed by atoms with Crippen molar-refractivity contribution in [1.82, 2.24) is 14.9 Å². The summed E-state index contributed by atoms with van der Waals surface area (Å²) in [6.45, 7) is 1.06. The zero-order chi connectivity index (χ0) is 16.2. The third-order valence-electron chi connectivity index (χ3n) is 3.81. The van der Waals surface area contributed by atoms with Gasteiger partial charge in [-0.25, -0.2) is 12.7 Å². The largest absolute Gasteiger partial charge is 0.351 e. The summed E-state index contributed by atoms with van der Waals surface area (Å²) in [5.41, 5.74) is 0.598. The molecule has 1 heterocycles. The fraction of sp³-hybridized carbons (Fsp3) is 0.533. The SMILES string of the molecule is CN(C)S(=O)(=O)c1ccccc1CNC(=O)C1CCCCN1. The maximum atomic E-state index is 12.3. The normalized spacial score (nSPS) is 19.1. The molecule has 1 aliphatic heterocycles. The van der Waals surface area contributed by atoms with Gasteiger partial charge in [0.15, 0.2) is 0 Å². The highest BCUT2D eigenvalue weighted by atomic mass is 32.2. The van der Waals surface area contributed by atoms with Gasteiger partial charge in [-0.15, -0.1) is 0 Å². The number of nitrogens with one attached hydrogen (secondary N) is 2. The first-order valence-corrected chi connectivity index (χ1v) is 8.88. The maximum absolute atomic E-state index is 12.3. The molecule has 1 atom stereocenters. The average molecular weight is 325 g/mol. The van der Waals surface area contributed by atoms with E-state index < -0.39 is 10.0 Å². The number of sulfonamides is 1. The smallest absolute Gasteiger partial charge is 0.242 e. The molecule has 1 fully saturated rings. The molecule has 0 aliphatic carbocycles. The van der Waals surface area contributed by atoms with Crippen molar-refractivity contribution in [2.24, 2.45) is 0 Å². The Morgan fingerprint density at radius 3 is 2.68 bits per heavy atom. The van der Waals surface area contributed by atoms with E-state index in [2.05, 4.69) is 10.6 Å². The first-order valence-electron chi connectivity index (χ1n) is 7.44. The van der Waals surface area contributed by atoms with E-state index in [1.165, 1.54) is 18.4 Å². The molecule has 6 nitrogen and oxygen atoms in total. The minimum atomic E-state index is -3.51. The standard InChI is InChI=1S/C15H23N3O3S/c1-18(2)22(20,21)14-9-4-3-7-12(14)11-17-15(19)13-8-5-6-10-16-13/h3-4,7,9,13,16H,5-6,8,10-11H2,1-2H3,(H,17,19). The molecule has 0 radical (unpaired) electrons. The molecule has 2 N–H and O–H groups in total. The molecule has 1 aliphatic rings. The third kappa shape index (κ3) is 3.85. The number of amides is 1. The van der Waals surface area contributed by atoms with Gasteiger partial charge in [0.1, 0.15) is 0 Å². The van der Waals surface area contributed by atoms with Crippen LogP contribution in [0.15, 0.2) is 29.2 Å². The zero-order valence-electron chi connectivity index (χ0n) is 13.0. The van der Waals surface area contributed by atoms with Crippen LogP contribution in [-0.2, 0) is 21.4 Å². The van der Waals surface area contributed by atoms with E-state index >= 15 is 0 Å². The van der Waals surface area contributed by atoms with E-state index in [9.17, 15) is 13.2 Å². The summed E-state index contributed by atoms with van der Waals surface area (Å²) in [7, 11) is -0.521. The second-order valence-corrected chi connectivity index (χ2v) is 7.74. The molecule has 0 bridgehead atoms. The molecule has 1 unspecified atom stereocenters. The monoisotopic (exact) mass is 325 g/mol. The van der Waals surface area contributed by atoms with Crippen molar-refractivity contribution in [3.63, 3.8) is 0 Å². The van der Waals surface area contributed by atoms with Crippen LogP contribution in [0.2, 0.25) is 0 Å². The van der Waals surface area contributed by atoms with E-state index in [1.807, 2.05) is 0 Å². The molecular weight excluding hydrogens is 302 g/mol. The second kappa shape index (κ2) is 7.21. The van der Waals surface area contributed by atoms with Gasteiger partial charge in [0.05, 0.1) is 10.9 Å². The minimum absolute atomic E-state index is 0.0724. The summed E-state index contributed by atoms with van der Waals surface area (Å²) in [5, 5.41) is 6.02. The van der Waals surface area contributed by atoms with Crippen molar-refractivity contribution < 1.29 is 13.2 Å². The molecule has 1 aromatic rings. The Morgan fingerprint density at radius 2 is 2.05 bits per heavy atom. The molecule has 22 heavy (non-hydrogen) atoms. The summed E-state index contributed by atoms with van der Waals surface area (Å²) >= 11 is 0. The zero-order valence-corrected chi connectivity index (χ0v) is 13.8. The molecule has 7 heteroatoms. The Bertz CT molecular complexity index is 623. The van der Waals surface area contributed by atoms with Crippen molar-refractivity contribution in [2.45, 2.75) is 36.7 Å². The lowest BCUT2D eigenvalue weighted by atomic mass is 10.0. The Balaban J connectivity index is 2.09. The number of carbonyl (C=O) groups excluding carboxylic acids is 1. The Morgan fingerprint density at radius 1 is 1.32 bits per heavy atom. The molecule has 122 valence electrons. The number of hydrogen-bond acceptors (Lipinski definition) is 4. The minimum Gasteiger partial charge on any atom is -0.351 e. The molecule has 1 saturated heterocycles. The van der Waals surface area contributed by atoms with Crippen LogP contribution in [0.5, 0.6) is 0 Å². The summed E-state index contributed by atoms with van der Waals surface area (Å²) in [6, 6.07) is 6.58. The molecule has 0 saturated carbocycles. The Kier molecular flexibility index (Phi) is 5.55. The number of nitrogens with zero attached hydrogens (tertiary/aromatic N) is 1. The molecule has 0 aromatic heterocycles. The van der Waals surface area contributed by atoms with Crippen LogP contribution in [0.25, 0.3) is 0 Å². The van der Waals surface area contributed by atoms with Gasteiger partial charge in [0.2, 0.25) is 15.9 Å². The van der Waals surface area contributed by atoms with E-state index in [-0.39, 0.29) is 23.4 Å². The van der Waals surface area contributed by atoms with E-state index in [1.54, 1.807) is 24.3 Å². The lowest BCUT2D eigenvalue weighted by Crippen LogP contribution is -2.46. The number of carbonyl (C=O) groups is 1. The number of benzene rings is 1. The number of hydrogen-bond donors (Lipinski definition) is 2. The highest BCUT2D eigenvalue weighted by Crippen LogP contribution is 2.18. The predicted octanol–water partition coefficient (Wildman–Crippen LogP) is 0.695. The van der Waals surface area contributed by atoms with Crippen LogP contribution in [0.1, 0.15) is 24.8 Å². The fourth-order valence-electron chi connectivity index (χ4n) is 2.48. The average Bonchev–Trinajstić information content (AvgIpc) is 2.53. The van der Waals surface area contributed by atoms with Crippen molar-refractivity contribution in [1.29, 1.82) is 0 Å². The van der Waals surface area contributed by atoms with Gasteiger partial charge in [-0.2, -0.15) is 0 Å². The van der Waals surface area contributed by atoms with Gasteiger partial charge in [0.25, 0.3) is 0 Å². The molecule has 0 spiro atoms. The van der Waals surface area contributed by atoms with E-state index in [4.69, 9.17) is 0 Å². The van der Waals surface area contributed by atoms with Crippen LogP contribution in [0.4, 0.5) is 0 Å². The van der Waals surface area contributed by atoms with E-state index in [0.29, 0.717) is 5.56 Å². The first kappa shape index (κ1) is 16.9. The molecule has 2 rings (SSSR count). The topological polar surface area (TPSA) is 78.5 Å². The van der Waals surface area contributed by atoms with Gasteiger partial charge in [-0.1, -0.05) is 24.6 Å². The summed E-state index contributed by atoms with van der Waals surface area (Å²) in [4.78, 5) is 12.4. The fourth-order valence-corrected chi connectivity index (χ4v) is 3.59. The number of rotatable bonds is 5. The summed E-state index contributed by atoms with van der Waals surface area (Å²) < 4.78 is 25.8.